The van der Waals surface area contributed by atoms with Gasteiger partial charge < -0.3 is 5.73 Å². The third kappa shape index (κ3) is 3.44. The Balaban J connectivity index is 2.41. The van der Waals surface area contributed by atoms with Gasteiger partial charge in [0.1, 0.15) is 5.03 Å². The van der Waals surface area contributed by atoms with E-state index in [0.29, 0.717) is 6.54 Å². The molecule has 2 N–H and O–H groups in total. The normalized spacial score (nSPS) is 10.9. The highest BCUT2D eigenvalue weighted by Gasteiger charge is 2.14. The first kappa shape index (κ1) is 16.0. The molecule has 0 unspecified atom stereocenters. The maximum absolute atomic E-state index is 5.98. The second-order valence-corrected chi connectivity index (χ2v) is 6.23. The number of rotatable bonds is 5. The number of benzene rings is 1. The third-order valence-corrected chi connectivity index (χ3v) is 4.83. The van der Waals surface area contributed by atoms with Crippen molar-refractivity contribution >= 4 is 11.8 Å². The summed E-state index contributed by atoms with van der Waals surface area (Å²) in [7, 11) is 0. The van der Waals surface area contributed by atoms with Gasteiger partial charge in [0.2, 0.25) is 0 Å². The summed E-state index contributed by atoms with van der Waals surface area (Å²) in [6, 6.07) is 6.48. The lowest BCUT2D eigenvalue weighted by molar-refractivity contribution is 0.782. The summed E-state index contributed by atoms with van der Waals surface area (Å²) in [5.74, 6) is 0. The van der Waals surface area contributed by atoms with Gasteiger partial charge in [-0.05, 0) is 55.5 Å². The van der Waals surface area contributed by atoms with Gasteiger partial charge in [0.05, 0.1) is 5.69 Å². The van der Waals surface area contributed by atoms with E-state index in [1.807, 2.05) is 0 Å². The van der Waals surface area contributed by atoms with Crippen molar-refractivity contribution in [2.45, 2.75) is 57.0 Å². The minimum atomic E-state index is 0.513. The summed E-state index contributed by atoms with van der Waals surface area (Å²) in [5, 5.41) is 9.74. The summed E-state index contributed by atoms with van der Waals surface area (Å²) in [4.78, 5) is 1.19. The van der Waals surface area contributed by atoms with Crippen LogP contribution in [0.1, 0.15) is 41.8 Å². The Morgan fingerprint density at radius 1 is 1.00 bits per heavy atom. The van der Waals surface area contributed by atoms with Crippen LogP contribution in [0.5, 0.6) is 0 Å². The van der Waals surface area contributed by atoms with Gasteiger partial charge in [0.25, 0.3) is 0 Å². The molecule has 1 aromatic heterocycles. The second kappa shape index (κ2) is 7.05. The summed E-state index contributed by atoms with van der Waals surface area (Å²) in [5.41, 5.74) is 12.1. The smallest absolute Gasteiger partial charge is 0.128 e. The van der Waals surface area contributed by atoms with Crippen LogP contribution >= 0.6 is 11.8 Å². The van der Waals surface area contributed by atoms with Gasteiger partial charge in [-0.15, -0.1) is 5.10 Å². The standard InChI is InChI=1S/C17H23N3S/c1-5-14-15(10-18)17(20-19-16(14)6-2)21-13-8-7-11(3)12(4)9-13/h7-9H,5-6,10,18H2,1-4H3. The molecule has 0 bridgehead atoms. The van der Waals surface area contributed by atoms with Crippen LogP contribution in [0.3, 0.4) is 0 Å². The monoisotopic (exact) mass is 301 g/mol. The molecule has 0 radical (unpaired) electrons. The number of hydrogen-bond acceptors (Lipinski definition) is 4. The molecule has 0 saturated carbocycles. The SMILES string of the molecule is CCc1nnc(Sc2ccc(C)c(C)c2)c(CN)c1CC. The lowest BCUT2D eigenvalue weighted by Gasteiger charge is -2.14. The van der Waals surface area contributed by atoms with E-state index in [-0.39, 0.29) is 0 Å². The van der Waals surface area contributed by atoms with Gasteiger partial charge in [0, 0.05) is 17.0 Å². The van der Waals surface area contributed by atoms with Crippen LogP contribution < -0.4 is 5.73 Å². The van der Waals surface area contributed by atoms with Crippen LogP contribution in [0, 0.1) is 13.8 Å². The van der Waals surface area contributed by atoms with E-state index in [4.69, 9.17) is 5.73 Å². The Morgan fingerprint density at radius 2 is 1.76 bits per heavy atom. The van der Waals surface area contributed by atoms with Gasteiger partial charge in [-0.1, -0.05) is 31.7 Å². The average molecular weight is 301 g/mol. The second-order valence-electron chi connectivity index (χ2n) is 5.17. The van der Waals surface area contributed by atoms with Gasteiger partial charge in [-0.25, -0.2) is 0 Å². The number of nitrogens with zero attached hydrogens (tertiary/aromatic N) is 2. The fourth-order valence-corrected chi connectivity index (χ4v) is 3.42. The molecule has 0 spiro atoms. The van der Waals surface area contributed by atoms with Crippen molar-refractivity contribution in [1.82, 2.24) is 10.2 Å². The van der Waals surface area contributed by atoms with Crippen molar-refractivity contribution in [3.8, 4) is 0 Å². The molecule has 0 amide bonds. The Hall–Kier alpha value is -1.39. The maximum Gasteiger partial charge on any atom is 0.128 e. The number of nitrogens with two attached hydrogens (primary N) is 1. The minimum absolute atomic E-state index is 0.513. The highest BCUT2D eigenvalue weighted by atomic mass is 32.2. The topological polar surface area (TPSA) is 51.8 Å². The minimum Gasteiger partial charge on any atom is -0.326 e. The average Bonchev–Trinajstić information content (AvgIpc) is 2.50. The first-order valence-corrected chi connectivity index (χ1v) is 8.24. The van der Waals surface area contributed by atoms with Crippen LogP contribution in [0.15, 0.2) is 28.1 Å². The van der Waals surface area contributed by atoms with Crippen LogP contribution in [-0.2, 0) is 19.4 Å². The van der Waals surface area contributed by atoms with E-state index in [0.717, 1.165) is 29.1 Å². The highest BCUT2D eigenvalue weighted by molar-refractivity contribution is 7.99. The molecule has 1 aromatic carbocycles. The van der Waals surface area contributed by atoms with Crippen molar-refractivity contribution in [3.63, 3.8) is 0 Å². The molecule has 4 heteroatoms. The molecule has 3 nitrogen and oxygen atoms in total. The van der Waals surface area contributed by atoms with E-state index < -0.39 is 0 Å². The fourth-order valence-electron chi connectivity index (χ4n) is 2.41. The maximum atomic E-state index is 5.98. The molecule has 1 heterocycles. The molecule has 112 valence electrons. The van der Waals surface area contributed by atoms with Crippen LogP contribution in [0.2, 0.25) is 0 Å². The molecule has 2 aromatic rings. The summed E-state index contributed by atoms with van der Waals surface area (Å²) in [6.07, 6.45) is 1.85. The van der Waals surface area contributed by atoms with Crippen LogP contribution in [0.4, 0.5) is 0 Å². The van der Waals surface area contributed by atoms with Crippen LogP contribution in [0.25, 0.3) is 0 Å². The van der Waals surface area contributed by atoms with Crippen LogP contribution in [-0.4, -0.2) is 10.2 Å². The van der Waals surface area contributed by atoms with Gasteiger partial charge >= 0.3 is 0 Å². The van der Waals surface area contributed by atoms with Crippen molar-refractivity contribution in [1.29, 1.82) is 0 Å². The Morgan fingerprint density at radius 3 is 2.33 bits per heavy atom. The Bertz CT molecular complexity index is 638. The molecule has 2 rings (SSSR count). The molecule has 0 aliphatic rings. The van der Waals surface area contributed by atoms with Crippen molar-refractivity contribution < 1.29 is 0 Å². The third-order valence-electron chi connectivity index (χ3n) is 3.82. The van der Waals surface area contributed by atoms with Crippen molar-refractivity contribution in [3.05, 3.63) is 46.1 Å². The zero-order valence-electron chi connectivity index (χ0n) is 13.2. The van der Waals surface area contributed by atoms with E-state index >= 15 is 0 Å². The number of aryl methyl sites for hydroxylation is 3. The molecule has 0 aliphatic carbocycles. The lowest BCUT2D eigenvalue weighted by Crippen LogP contribution is -2.10. The molecule has 0 fully saturated rings. The van der Waals surface area contributed by atoms with Gasteiger partial charge in [-0.2, -0.15) is 5.10 Å². The fraction of sp³-hybridized carbons (Fsp3) is 0.412. The number of hydrogen-bond donors (Lipinski definition) is 1. The summed E-state index contributed by atoms with van der Waals surface area (Å²) < 4.78 is 0. The first-order chi connectivity index (χ1) is 10.1. The molecule has 0 saturated heterocycles. The van der Waals surface area contributed by atoms with Crippen molar-refractivity contribution in [2.75, 3.05) is 0 Å². The molecule has 0 aliphatic heterocycles. The molecular formula is C17H23N3S. The van der Waals surface area contributed by atoms with E-state index in [9.17, 15) is 0 Å². The zero-order valence-corrected chi connectivity index (χ0v) is 14.0. The van der Waals surface area contributed by atoms with E-state index in [1.54, 1.807) is 11.8 Å². The number of aromatic nitrogens is 2. The van der Waals surface area contributed by atoms with E-state index in [2.05, 4.69) is 56.1 Å². The van der Waals surface area contributed by atoms with Gasteiger partial charge in [0.15, 0.2) is 0 Å². The first-order valence-electron chi connectivity index (χ1n) is 7.43. The zero-order chi connectivity index (χ0) is 15.4. The predicted octanol–water partition coefficient (Wildman–Crippen LogP) is 3.83. The van der Waals surface area contributed by atoms with Crippen molar-refractivity contribution in [2.24, 2.45) is 5.73 Å². The molecule has 0 atom stereocenters. The summed E-state index contributed by atoms with van der Waals surface area (Å²) in [6.45, 7) is 9.03. The van der Waals surface area contributed by atoms with Gasteiger partial charge in [-0.3, -0.25) is 0 Å². The van der Waals surface area contributed by atoms with E-state index in [1.165, 1.54) is 21.6 Å². The molecule has 21 heavy (non-hydrogen) atoms. The highest BCUT2D eigenvalue weighted by Crippen LogP contribution is 2.32. The lowest BCUT2D eigenvalue weighted by atomic mass is 10.0. The quantitative estimate of drug-likeness (QED) is 0.912. The largest absolute Gasteiger partial charge is 0.326 e. The Kier molecular flexibility index (Phi) is 5.37. The Labute approximate surface area is 131 Å². The predicted molar refractivity (Wildman–Crippen MR) is 88.7 cm³/mol. The molecular weight excluding hydrogens is 278 g/mol. The summed E-state index contributed by atoms with van der Waals surface area (Å²) >= 11 is 1.66.